The maximum absolute atomic E-state index is 11.2. The molecule has 0 aliphatic heterocycles. The van der Waals surface area contributed by atoms with Crippen molar-refractivity contribution in [1.29, 1.82) is 0 Å². The first kappa shape index (κ1) is 10.2. The highest BCUT2D eigenvalue weighted by molar-refractivity contribution is 5.90. The molecule has 0 unspecified atom stereocenters. The van der Waals surface area contributed by atoms with Crippen molar-refractivity contribution in [3.63, 3.8) is 0 Å². The molecule has 0 spiro atoms. The van der Waals surface area contributed by atoms with Crippen LogP contribution in [0.5, 0.6) is 11.8 Å². The third-order valence-electron chi connectivity index (χ3n) is 1.27. The van der Waals surface area contributed by atoms with Gasteiger partial charge in [0.15, 0.2) is 0 Å². The fraction of sp³-hybridized carbons (Fsp3) is 0.429. The van der Waals surface area contributed by atoms with Crippen LogP contribution in [0.4, 0.5) is 0 Å². The molecule has 1 amide bonds. The van der Waals surface area contributed by atoms with Gasteiger partial charge in [0, 0.05) is 6.04 Å². The fourth-order valence-corrected chi connectivity index (χ4v) is 0.735. The van der Waals surface area contributed by atoms with Crippen molar-refractivity contribution in [2.75, 3.05) is 0 Å². The van der Waals surface area contributed by atoms with Crippen LogP contribution < -0.4 is 5.32 Å². The molecule has 76 valence electrons. The van der Waals surface area contributed by atoms with Gasteiger partial charge >= 0.3 is 0 Å². The van der Waals surface area contributed by atoms with E-state index in [0.717, 1.165) is 0 Å². The van der Waals surface area contributed by atoms with E-state index in [9.17, 15) is 4.79 Å². The van der Waals surface area contributed by atoms with Crippen molar-refractivity contribution in [3.8, 4) is 11.8 Å². The zero-order valence-electron chi connectivity index (χ0n) is 7.72. The minimum atomic E-state index is -0.714. The van der Waals surface area contributed by atoms with Crippen LogP contribution in [0.25, 0.3) is 0 Å². The molecule has 0 aromatic carbocycles. The molecule has 14 heavy (non-hydrogen) atoms. The molecule has 7 heteroatoms. The highest BCUT2D eigenvalue weighted by Gasteiger charge is 2.14. The lowest BCUT2D eigenvalue weighted by atomic mass is 10.4. The number of rotatable bonds is 2. The van der Waals surface area contributed by atoms with E-state index in [-0.39, 0.29) is 11.9 Å². The molecule has 0 saturated heterocycles. The van der Waals surface area contributed by atoms with Gasteiger partial charge in [0.1, 0.15) is 0 Å². The van der Waals surface area contributed by atoms with Crippen LogP contribution >= 0.6 is 0 Å². The average Bonchev–Trinajstić information content (AvgIpc) is 2.08. The number of nitrogens with one attached hydrogen (secondary N) is 1. The van der Waals surface area contributed by atoms with Gasteiger partial charge in [-0.3, -0.25) is 4.79 Å². The number of nitrogens with zero attached hydrogens (tertiary/aromatic N) is 3. The minimum absolute atomic E-state index is 0.0676. The van der Waals surface area contributed by atoms with Crippen LogP contribution in [0.15, 0.2) is 0 Å². The summed E-state index contributed by atoms with van der Waals surface area (Å²) in [7, 11) is 0. The Kier molecular flexibility index (Phi) is 2.80. The highest BCUT2D eigenvalue weighted by atomic mass is 16.3. The van der Waals surface area contributed by atoms with E-state index in [1.807, 2.05) is 0 Å². The van der Waals surface area contributed by atoms with Gasteiger partial charge in [0.2, 0.25) is 5.82 Å². The average molecular weight is 198 g/mol. The smallest absolute Gasteiger partial charge is 0.294 e. The molecule has 0 radical (unpaired) electrons. The SMILES string of the molecule is CC(C)NC(=O)c1nnc(O)c(O)n1. The number of hydrogen-bond acceptors (Lipinski definition) is 6. The third kappa shape index (κ3) is 2.28. The molecule has 1 aromatic rings. The van der Waals surface area contributed by atoms with Crippen molar-refractivity contribution >= 4 is 5.91 Å². The van der Waals surface area contributed by atoms with Gasteiger partial charge in [-0.25, -0.2) is 0 Å². The lowest BCUT2D eigenvalue weighted by Crippen LogP contribution is -2.31. The van der Waals surface area contributed by atoms with Crippen LogP contribution in [0.3, 0.4) is 0 Å². The van der Waals surface area contributed by atoms with Gasteiger partial charge in [-0.1, -0.05) is 0 Å². The first-order valence-corrected chi connectivity index (χ1v) is 3.94. The molecule has 0 aliphatic rings. The predicted molar refractivity (Wildman–Crippen MR) is 45.8 cm³/mol. The number of aromatic nitrogens is 3. The zero-order valence-corrected chi connectivity index (χ0v) is 7.72. The van der Waals surface area contributed by atoms with E-state index < -0.39 is 17.7 Å². The maximum Gasteiger partial charge on any atom is 0.294 e. The van der Waals surface area contributed by atoms with Gasteiger partial charge in [-0.15, -0.1) is 10.2 Å². The summed E-state index contributed by atoms with van der Waals surface area (Å²) in [6.07, 6.45) is 0. The lowest BCUT2D eigenvalue weighted by molar-refractivity contribution is 0.0929. The molecule has 1 heterocycles. The zero-order chi connectivity index (χ0) is 10.7. The number of hydrogen-bond donors (Lipinski definition) is 3. The summed E-state index contributed by atoms with van der Waals surface area (Å²) in [5.74, 6) is -2.25. The molecular weight excluding hydrogens is 188 g/mol. The van der Waals surface area contributed by atoms with Gasteiger partial charge in [-0.2, -0.15) is 4.98 Å². The molecule has 7 nitrogen and oxygen atoms in total. The van der Waals surface area contributed by atoms with E-state index in [1.165, 1.54) is 0 Å². The minimum Gasteiger partial charge on any atom is -0.489 e. The summed E-state index contributed by atoms with van der Waals surface area (Å²) in [6.45, 7) is 3.54. The number of carbonyl (C=O) groups excluding carboxylic acids is 1. The maximum atomic E-state index is 11.2. The van der Waals surface area contributed by atoms with Crippen molar-refractivity contribution in [3.05, 3.63) is 5.82 Å². The Labute approximate surface area is 79.8 Å². The number of amides is 1. The second kappa shape index (κ2) is 3.86. The molecule has 0 atom stereocenters. The van der Waals surface area contributed by atoms with E-state index in [0.29, 0.717) is 0 Å². The molecular formula is C7H10N4O3. The first-order valence-electron chi connectivity index (χ1n) is 3.94. The van der Waals surface area contributed by atoms with Crippen LogP contribution in [0.2, 0.25) is 0 Å². The van der Waals surface area contributed by atoms with Crippen LogP contribution in [-0.2, 0) is 0 Å². The second-order valence-corrected chi connectivity index (χ2v) is 2.91. The molecule has 0 aliphatic carbocycles. The Bertz CT molecular complexity index is 353. The molecule has 0 saturated carbocycles. The molecule has 1 aromatic heterocycles. The highest BCUT2D eigenvalue weighted by Crippen LogP contribution is 2.15. The first-order chi connectivity index (χ1) is 6.50. The van der Waals surface area contributed by atoms with Crippen molar-refractivity contribution in [2.24, 2.45) is 0 Å². The summed E-state index contributed by atoms with van der Waals surface area (Å²) in [6, 6.07) is -0.0676. The Balaban J connectivity index is 2.86. The van der Waals surface area contributed by atoms with Gasteiger partial charge < -0.3 is 15.5 Å². The Morgan fingerprint density at radius 3 is 2.43 bits per heavy atom. The van der Waals surface area contributed by atoms with Gasteiger partial charge in [0.25, 0.3) is 17.7 Å². The van der Waals surface area contributed by atoms with Crippen molar-refractivity contribution in [1.82, 2.24) is 20.5 Å². The van der Waals surface area contributed by atoms with Gasteiger partial charge in [-0.05, 0) is 13.8 Å². The van der Waals surface area contributed by atoms with E-state index in [1.54, 1.807) is 13.8 Å². The standard InChI is InChI=1S/C7H10N4O3/c1-3(2)8-5(12)4-9-6(13)7(14)11-10-4/h3H,1-2H3,(H,8,12)(H,11,14)(H,9,10,13). The Hall–Kier alpha value is -1.92. The van der Waals surface area contributed by atoms with E-state index >= 15 is 0 Å². The third-order valence-corrected chi connectivity index (χ3v) is 1.27. The summed E-state index contributed by atoms with van der Waals surface area (Å²) in [5, 5.41) is 26.7. The molecule has 3 N–H and O–H groups in total. The van der Waals surface area contributed by atoms with Crippen molar-refractivity contribution in [2.45, 2.75) is 19.9 Å². The number of carbonyl (C=O) groups is 1. The largest absolute Gasteiger partial charge is 0.489 e. The van der Waals surface area contributed by atoms with E-state index in [2.05, 4.69) is 20.5 Å². The summed E-state index contributed by atoms with van der Waals surface area (Å²) < 4.78 is 0. The predicted octanol–water partition coefficient (Wildman–Crippen LogP) is -0.579. The number of aromatic hydroxyl groups is 2. The Morgan fingerprint density at radius 2 is 1.93 bits per heavy atom. The van der Waals surface area contributed by atoms with Crippen LogP contribution in [0.1, 0.15) is 24.5 Å². The fourth-order valence-electron chi connectivity index (χ4n) is 0.735. The summed E-state index contributed by atoms with van der Waals surface area (Å²) in [4.78, 5) is 14.6. The summed E-state index contributed by atoms with van der Waals surface area (Å²) in [5.41, 5.74) is 0. The lowest BCUT2D eigenvalue weighted by Gasteiger charge is -2.06. The normalized spacial score (nSPS) is 10.2. The van der Waals surface area contributed by atoms with Gasteiger partial charge in [0.05, 0.1) is 0 Å². The molecule has 0 fully saturated rings. The van der Waals surface area contributed by atoms with Crippen molar-refractivity contribution < 1.29 is 15.0 Å². The monoisotopic (exact) mass is 198 g/mol. The topological polar surface area (TPSA) is 108 Å². The quantitative estimate of drug-likeness (QED) is 0.586. The molecule has 1 rings (SSSR count). The van der Waals surface area contributed by atoms with E-state index in [4.69, 9.17) is 10.2 Å². The molecule has 0 bridgehead atoms. The summed E-state index contributed by atoms with van der Waals surface area (Å²) >= 11 is 0. The second-order valence-electron chi connectivity index (χ2n) is 2.91. The van der Waals surface area contributed by atoms with Crippen LogP contribution in [-0.4, -0.2) is 37.3 Å². The Morgan fingerprint density at radius 1 is 1.29 bits per heavy atom. The van der Waals surface area contributed by atoms with Crippen LogP contribution in [0, 0.1) is 0 Å².